The average Bonchev–Trinajstić information content (AvgIpc) is 3.11. The van der Waals surface area contributed by atoms with Crippen molar-refractivity contribution < 1.29 is 18.0 Å². The van der Waals surface area contributed by atoms with Gasteiger partial charge in [0, 0.05) is 30.9 Å². The number of unbranched alkanes of at least 4 members (excludes halogenated alkanes) is 1. The molecule has 1 aliphatic heterocycles. The second-order valence-corrected chi connectivity index (χ2v) is 9.27. The van der Waals surface area contributed by atoms with Gasteiger partial charge in [0.05, 0.1) is 10.8 Å². The van der Waals surface area contributed by atoms with E-state index in [1.54, 1.807) is 17.0 Å². The molecule has 2 amide bonds. The number of anilines is 2. The third-order valence-corrected chi connectivity index (χ3v) is 6.57. The number of aryl methyl sites for hydroxylation is 1. The van der Waals surface area contributed by atoms with Crippen molar-refractivity contribution in [2.24, 2.45) is 5.92 Å². The van der Waals surface area contributed by atoms with Crippen LogP contribution in [0, 0.1) is 12.8 Å². The Labute approximate surface area is 177 Å². The Bertz CT molecular complexity index is 1000. The summed E-state index contributed by atoms with van der Waals surface area (Å²) in [5, 5.41) is 2.78. The van der Waals surface area contributed by atoms with Crippen molar-refractivity contribution in [3.63, 3.8) is 0 Å². The quantitative estimate of drug-likeness (QED) is 0.631. The molecule has 160 valence electrons. The largest absolute Gasteiger partial charge is 0.326 e. The van der Waals surface area contributed by atoms with Crippen LogP contribution < -0.4 is 14.9 Å². The van der Waals surface area contributed by atoms with E-state index in [2.05, 4.69) is 10.0 Å². The van der Waals surface area contributed by atoms with Crippen LogP contribution in [0.3, 0.4) is 0 Å². The zero-order chi connectivity index (χ0) is 21.7. The second-order valence-electron chi connectivity index (χ2n) is 7.51. The molecule has 2 aromatic rings. The number of carbonyl (C=O) groups is 2. The van der Waals surface area contributed by atoms with Gasteiger partial charge in [0.2, 0.25) is 21.8 Å². The van der Waals surface area contributed by atoms with Crippen LogP contribution in [-0.2, 0) is 19.6 Å². The molecule has 0 saturated carbocycles. The van der Waals surface area contributed by atoms with Gasteiger partial charge in [-0.3, -0.25) is 9.59 Å². The molecule has 0 bridgehead atoms. The molecule has 0 radical (unpaired) electrons. The summed E-state index contributed by atoms with van der Waals surface area (Å²) in [6.07, 6.45) is 1.82. The van der Waals surface area contributed by atoms with Crippen molar-refractivity contribution in [3.05, 3.63) is 54.1 Å². The van der Waals surface area contributed by atoms with Crippen molar-refractivity contribution in [1.29, 1.82) is 0 Å². The van der Waals surface area contributed by atoms with Crippen LogP contribution in [0.4, 0.5) is 11.4 Å². The molecule has 1 heterocycles. The summed E-state index contributed by atoms with van der Waals surface area (Å²) in [4.78, 5) is 26.8. The number of hydrogen-bond donors (Lipinski definition) is 2. The highest BCUT2D eigenvalue weighted by Crippen LogP contribution is 2.26. The first-order valence-electron chi connectivity index (χ1n) is 10.1. The maximum Gasteiger partial charge on any atom is 0.240 e. The zero-order valence-corrected chi connectivity index (χ0v) is 18.0. The lowest BCUT2D eigenvalue weighted by Gasteiger charge is -2.17. The fourth-order valence-corrected chi connectivity index (χ4v) is 4.36. The van der Waals surface area contributed by atoms with Crippen LogP contribution in [-0.4, -0.2) is 33.3 Å². The van der Waals surface area contributed by atoms with Crippen LogP contribution in [0.2, 0.25) is 0 Å². The average molecular weight is 430 g/mol. The SMILES string of the molecule is CCCCNS(=O)(=O)c1ccc(NC(=O)[C@@H]2CC(=O)N(c3ccc(C)cc3)C2)cc1. The molecule has 0 unspecified atom stereocenters. The van der Waals surface area contributed by atoms with Gasteiger partial charge in [0.1, 0.15) is 0 Å². The number of nitrogens with one attached hydrogen (secondary N) is 2. The standard InChI is InChI=1S/C22H27N3O4S/c1-3-4-13-23-30(28,29)20-11-7-18(8-12-20)24-22(27)17-14-21(26)25(15-17)19-9-5-16(2)6-10-19/h5-12,17,23H,3-4,13-15H2,1-2H3,(H,24,27)/t17-/m1/s1. The van der Waals surface area contributed by atoms with Crippen molar-refractivity contribution in [3.8, 4) is 0 Å². The van der Waals surface area contributed by atoms with E-state index in [0.29, 0.717) is 18.8 Å². The maximum absolute atomic E-state index is 12.6. The van der Waals surface area contributed by atoms with Crippen LogP contribution in [0.15, 0.2) is 53.4 Å². The molecule has 2 N–H and O–H groups in total. The molecular formula is C22H27N3O4S. The number of nitrogens with zero attached hydrogens (tertiary/aromatic N) is 1. The Balaban J connectivity index is 1.61. The van der Waals surface area contributed by atoms with E-state index >= 15 is 0 Å². The topological polar surface area (TPSA) is 95.6 Å². The highest BCUT2D eigenvalue weighted by Gasteiger charge is 2.35. The van der Waals surface area contributed by atoms with E-state index in [-0.39, 0.29) is 23.1 Å². The number of benzene rings is 2. The molecule has 0 aliphatic carbocycles. The van der Waals surface area contributed by atoms with Crippen molar-refractivity contribution in [2.45, 2.75) is 38.0 Å². The Hall–Kier alpha value is -2.71. The van der Waals surface area contributed by atoms with E-state index in [1.807, 2.05) is 38.1 Å². The molecule has 1 saturated heterocycles. The molecule has 0 spiro atoms. The lowest BCUT2D eigenvalue weighted by atomic mass is 10.1. The fourth-order valence-electron chi connectivity index (χ4n) is 3.29. The molecule has 8 heteroatoms. The molecule has 2 aromatic carbocycles. The van der Waals surface area contributed by atoms with Gasteiger partial charge in [-0.05, 0) is 49.7 Å². The van der Waals surface area contributed by atoms with E-state index in [1.165, 1.54) is 12.1 Å². The monoisotopic (exact) mass is 429 g/mol. The minimum atomic E-state index is -3.56. The number of rotatable bonds is 8. The normalized spacial score (nSPS) is 16.7. The summed E-state index contributed by atoms with van der Waals surface area (Å²) < 4.78 is 27.0. The number of sulfonamides is 1. The zero-order valence-electron chi connectivity index (χ0n) is 17.2. The summed E-state index contributed by atoms with van der Waals surface area (Å²) in [6.45, 7) is 4.68. The number of amides is 2. The summed E-state index contributed by atoms with van der Waals surface area (Å²) in [7, 11) is -3.56. The van der Waals surface area contributed by atoms with Crippen molar-refractivity contribution in [1.82, 2.24) is 4.72 Å². The highest BCUT2D eigenvalue weighted by atomic mass is 32.2. The minimum absolute atomic E-state index is 0.0846. The van der Waals surface area contributed by atoms with Crippen molar-refractivity contribution >= 4 is 33.2 Å². The van der Waals surface area contributed by atoms with Gasteiger partial charge in [-0.25, -0.2) is 13.1 Å². The Morgan fingerprint density at radius 1 is 1.10 bits per heavy atom. The summed E-state index contributed by atoms with van der Waals surface area (Å²) in [6, 6.07) is 13.7. The Morgan fingerprint density at radius 3 is 2.40 bits per heavy atom. The van der Waals surface area contributed by atoms with Gasteiger partial charge in [0.15, 0.2) is 0 Å². The predicted molar refractivity (Wildman–Crippen MR) is 117 cm³/mol. The fraction of sp³-hybridized carbons (Fsp3) is 0.364. The number of hydrogen-bond acceptors (Lipinski definition) is 4. The van der Waals surface area contributed by atoms with Crippen LogP contribution in [0.5, 0.6) is 0 Å². The maximum atomic E-state index is 12.6. The third-order valence-electron chi connectivity index (χ3n) is 5.10. The molecule has 1 atom stereocenters. The second kappa shape index (κ2) is 9.40. The summed E-state index contributed by atoms with van der Waals surface area (Å²) in [5.74, 6) is -0.800. The molecule has 0 aromatic heterocycles. The molecule has 3 rings (SSSR count). The first-order valence-corrected chi connectivity index (χ1v) is 11.6. The van der Waals surface area contributed by atoms with E-state index in [9.17, 15) is 18.0 Å². The van der Waals surface area contributed by atoms with E-state index in [4.69, 9.17) is 0 Å². The smallest absolute Gasteiger partial charge is 0.240 e. The molecule has 1 aliphatic rings. The summed E-state index contributed by atoms with van der Waals surface area (Å²) >= 11 is 0. The van der Waals surface area contributed by atoms with Gasteiger partial charge < -0.3 is 10.2 Å². The van der Waals surface area contributed by atoms with Crippen LogP contribution >= 0.6 is 0 Å². The van der Waals surface area contributed by atoms with Gasteiger partial charge in [-0.2, -0.15) is 0 Å². The van der Waals surface area contributed by atoms with E-state index in [0.717, 1.165) is 24.1 Å². The van der Waals surface area contributed by atoms with Gasteiger partial charge in [0.25, 0.3) is 0 Å². The van der Waals surface area contributed by atoms with E-state index < -0.39 is 15.9 Å². The third kappa shape index (κ3) is 5.25. The number of carbonyl (C=O) groups excluding carboxylic acids is 2. The Morgan fingerprint density at radius 2 is 1.77 bits per heavy atom. The van der Waals surface area contributed by atoms with Gasteiger partial charge in [-0.15, -0.1) is 0 Å². The van der Waals surface area contributed by atoms with Crippen LogP contribution in [0.25, 0.3) is 0 Å². The lowest BCUT2D eigenvalue weighted by molar-refractivity contribution is -0.122. The molecular weight excluding hydrogens is 402 g/mol. The van der Waals surface area contributed by atoms with Crippen molar-refractivity contribution in [2.75, 3.05) is 23.3 Å². The van der Waals surface area contributed by atoms with Gasteiger partial charge >= 0.3 is 0 Å². The highest BCUT2D eigenvalue weighted by molar-refractivity contribution is 7.89. The minimum Gasteiger partial charge on any atom is -0.326 e. The first-order chi connectivity index (χ1) is 14.3. The Kier molecular flexibility index (Phi) is 6.89. The van der Waals surface area contributed by atoms with Crippen LogP contribution in [0.1, 0.15) is 31.7 Å². The molecule has 30 heavy (non-hydrogen) atoms. The van der Waals surface area contributed by atoms with Gasteiger partial charge in [-0.1, -0.05) is 31.0 Å². The predicted octanol–water partition coefficient (Wildman–Crippen LogP) is 3.07. The lowest BCUT2D eigenvalue weighted by Crippen LogP contribution is -2.28. The summed E-state index contributed by atoms with van der Waals surface area (Å²) in [5.41, 5.74) is 2.38. The molecule has 7 nitrogen and oxygen atoms in total. The molecule has 1 fully saturated rings. The first kappa shape index (κ1) is 22.0.